The number of anilines is 2. The van der Waals surface area contributed by atoms with E-state index in [4.69, 9.17) is 0 Å². The van der Waals surface area contributed by atoms with E-state index in [2.05, 4.69) is 21.0 Å². The molecule has 2 aromatic rings. The quantitative estimate of drug-likeness (QED) is 0.637. The summed E-state index contributed by atoms with van der Waals surface area (Å²) in [5, 5.41) is 11.8. The Hall–Kier alpha value is -3.37. The van der Waals surface area contributed by atoms with Gasteiger partial charge in [0.2, 0.25) is 17.7 Å². The third-order valence-electron chi connectivity index (χ3n) is 4.50. The molecule has 1 atom stereocenters. The number of hydrogen-bond acceptors (Lipinski definition) is 4. The van der Waals surface area contributed by atoms with Crippen LogP contribution < -0.4 is 16.0 Å². The average Bonchev–Trinajstić information content (AvgIpc) is 3.28. The van der Waals surface area contributed by atoms with Gasteiger partial charge in [0.15, 0.2) is 0 Å². The summed E-state index contributed by atoms with van der Waals surface area (Å²) in [7, 11) is 0. The average molecular weight is 423 g/mol. The van der Waals surface area contributed by atoms with E-state index in [-0.39, 0.29) is 36.5 Å². The van der Waals surface area contributed by atoms with Crippen molar-refractivity contribution in [1.29, 1.82) is 0 Å². The second kappa shape index (κ2) is 8.97. The highest BCUT2D eigenvalue weighted by molar-refractivity contribution is 5.91. The van der Waals surface area contributed by atoms with Crippen LogP contribution in [0.15, 0.2) is 36.7 Å². The van der Waals surface area contributed by atoms with Gasteiger partial charge >= 0.3 is 6.18 Å². The van der Waals surface area contributed by atoms with Crippen molar-refractivity contribution in [3.05, 3.63) is 42.2 Å². The molecule has 2 heterocycles. The molecule has 0 radical (unpaired) electrons. The Balaban J connectivity index is 1.47. The zero-order valence-electron chi connectivity index (χ0n) is 15.8. The van der Waals surface area contributed by atoms with Crippen LogP contribution in [-0.2, 0) is 27.1 Å². The van der Waals surface area contributed by atoms with E-state index in [0.29, 0.717) is 24.9 Å². The van der Waals surface area contributed by atoms with Gasteiger partial charge in [0.05, 0.1) is 17.4 Å². The van der Waals surface area contributed by atoms with Crippen molar-refractivity contribution >= 4 is 29.1 Å². The van der Waals surface area contributed by atoms with Crippen molar-refractivity contribution in [3.63, 3.8) is 0 Å². The van der Waals surface area contributed by atoms with Crippen LogP contribution in [0.25, 0.3) is 0 Å². The molecule has 1 aliphatic rings. The Labute approximate surface area is 169 Å². The minimum absolute atomic E-state index is 0.00511. The zero-order chi connectivity index (χ0) is 21.7. The first kappa shape index (κ1) is 21.3. The summed E-state index contributed by atoms with van der Waals surface area (Å²) in [5.41, 5.74) is -0.446. The highest BCUT2D eigenvalue weighted by Crippen LogP contribution is 2.30. The third-order valence-corrected chi connectivity index (χ3v) is 4.50. The molecule has 8 nitrogen and oxygen atoms in total. The number of carbonyl (C=O) groups is 3. The molecule has 1 aromatic heterocycles. The van der Waals surface area contributed by atoms with Gasteiger partial charge in [-0.1, -0.05) is 6.07 Å². The van der Waals surface area contributed by atoms with Crippen LogP contribution in [0.5, 0.6) is 0 Å². The molecule has 1 fully saturated rings. The Kier molecular flexibility index (Phi) is 6.38. The van der Waals surface area contributed by atoms with E-state index < -0.39 is 17.6 Å². The number of carbonyl (C=O) groups excluding carboxylic acids is 3. The number of aromatic nitrogens is 2. The molecular formula is C19H20F3N5O3. The Morgan fingerprint density at radius 3 is 2.67 bits per heavy atom. The van der Waals surface area contributed by atoms with Crippen LogP contribution in [0.4, 0.5) is 24.5 Å². The Morgan fingerprint density at radius 2 is 1.97 bits per heavy atom. The molecule has 0 aliphatic carbocycles. The first-order valence-electron chi connectivity index (χ1n) is 9.28. The van der Waals surface area contributed by atoms with E-state index in [1.54, 1.807) is 0 Å². The molecule has 3 rings (SSSR count). The molecule has 1 saturated heterocycles. The third kappa shape index (κ3) is 6.06. The van der Waals surface area contributed by atoms with Gasteiger partial charge in [0, 0.05) is 30.8 Å². The van der Waals surface area contributed by atoms with Crippen molar-refractivity contribution in [1.82, 2.24) is 15.1 Å². The maximum Gasteiger partial charge on any atom is 0.416 e. The molecule has 1 aromatic carbocycles. The minimum atomic E-state index is -4.50. The summed E-state index contributed by atoms with van der Waals surface area (Å²) in [6.07, 6.45) is 0.261. The van der Waals surface area contributed by atoms with Crippen molar-refractivity contribution in [2.45, 2.75) is 44.4 Å². The van der Waals surface area contributed by atoms with Crippen LogP contribution in [0, 0.1) is 0 Å². The standard InChI is InChI=1S/C19H20F3N5O3/c20-19(21,22)12-2-1-3-14(8-12)25-18(30)11-27-10-15(9-23-27)26-17(29)7-5-13-4-6-16(28)24-13/h1-3,8-10,13H,4-7,11H2,(H,24,28)(H,25,30)(H,26,29). The van der Waals surface area contributed by atoms with Gasteiger partial charge in [-0.2, -0.15) is 18.3 Å². The minimum Gasteiger partial charge on any atom is -0.353 e. The number of nitrogens with zero attached hydrogens (tertiary/aromatic N) is 2. The number of benzene rings is 1. The normalized spacial score (nSPS) is 16.2. The second-order valence-electron chi connectivity index (χ2n) is 6.94. The molecule has 0 spiro atoms. The summed E-state index contributed by atoms with van der Waals surface area (Å²) in [4.78, 5) is 35.2. The Morgan fingerprint density at radius 1 is 1.20 bits per heavy atom. The molecule has 1 unspecified atom stereocenters. The molecule has 0 bridgehead atoms. The molecular weight excluding hydrogens is 403 g/mol. The highest BCUT2D eigenvalue weighted by Gasteiger charge is 2.30. The summed E-state index contributed by atoms with van der Waals surface area (Å²) in [6, 6.07) is 4.33. The maximum atomic E-state index is 12.7. The molecule has 30 heavy (non-hydrogen) atoms. The van der Waals surface area contributed by atoms with Gasteiger partial charge in [-0.3, -0.25) is 19.1 Å². The fraction of sp³-hybridized carbons (Fsp3) is 0.368. The molecule has 160 valence electrons. The first-order chi connectivity index (χ1) is 14.2. The maximum absolute atomic E-state index is 12.7. The number of rotatable bonds is 7. The van der Waals surface area contributed by atoms with E-state index in [0.717, 1.165) is 12.1 Å². The van der Waals surface area contributed by atoms with E-state index in [9.17, 15) is 27.6 Å². The smallest absolute Gasteiger partial charge is 0.353 e. The largest absolute Gasteiger partial charge is 0.416 e. The highest BCUT2D eigenvalue weighted by atomic mass is 19.4. The van der Waals surface area contributed by atoms with E-state index >= 15 is 0 Å². The van der Waals surface area contributed by atoms with E-state index in [1.807, 2.05) is 0 Å². The summed E-state index contributed by atoms with van der Waals surface area (Å²) in [5.74, 6) is -0.818. The number of hydrogen-bond donors (Lipinski definition) is 3. The molecule has 11 heteroatoms. The van der Waals surface area contributed by atoms with E-state index in [1.165, 1.54) is 29.2 Å². The SMILES string of the molecule is O=C(CCC1CCC(=O)N1)Nc1cnn(CC(=O)Nc2cccc(C(F)(F)F)c2)c1. The molecule has 3 N–H and O–H groups in total. The van der Waals surface area contributed by atoms with Crippen molar-refractivity contribution in [2.24, 2.45) is 0 Å². The van der Waals surface area contributed by atoms with Gasteiger partial charge in [-0.15, -0.1) is 0 Å². The predicted octanol–water partition coefficient (Wildman–Crippen LogP) is 2.54. The van der Waals surface area contributed by atoms with Crippen LogP contribution in [0.2, 0.25) is 0 Å². The molecule has 0 saturated carbocycles. The number of nitrogens with one attached hydrogen (secondary N) is 3. The fourth-order valence-electron chi connectivity index (χ4n) is 3.06. The number of amides is 3. The monoisotopic (exact) mass is 423 g/mol. The van der Waals surface area contributed by atoms with Crippen LogP contribution in [0.1, 0.15) is 31.2 Å². The van der Waals surface area contributed by atoms with Crippen molar-refractivity contribution in [2.75, 3.05) is 10.6 Å². The lowest BCUT2D eigenvalue weighted by atomic mass is 10.1. The lowest BCUT2D eigenvalue weighted by Gasteiger charge is -2.10. The first-order valence-corrected chi connectivity index (χ1v) is 9.28. The summed E-state index contributed by atoms with van der Waals surface area (Å²) < 4.78 is 39.5. The summed E-state index contributed by atoms with van der Waals surface area (Å²) in [6.45, 7) is -0.236. The molecule has 3 amide bonds. The van der Waals surface area contributed by atoms with Gasteiger partial charge in [-0.25, -0.2) is 0 Å². The van der Waals surface area contributed by atoms with Gasteiger partial charge in [0.25, 0.3) is 0 Å². The van der Waals surface area contributed by atoms with Gasteiger partial charge in [0.1, 0.15) is 6.54 Å². The molecule has 1 aliphatic heterocycles. The number of halogens is 3. The lowest BCUT2D eigenvalue weighted by molar-refractivity contribution is -0.137. The number of alkyl halides is 3. The van der Waals surface area contributed by atoms with Crippen LogP contribution in [-0.4, -0.2) is 33.5 Å². The zero-order valence-corrected chi connectivity index (χ0v) is 15.8. The van der Waals surface area contributed by atoms with Crippen molar-refractivity contribution < 1.29 is 27.6 Å². The van der Waals surface area contributed by atoms with Gasteiger partial charge in [-0.05, 0) is 31.0 Å². The van der Waals surface area contributed by atoms with Crippen LogP contribution in [0.3, 0.4) is 0 Å². The predicted molar refractivity (Wildman–Crippen MR) is 101 cm³/mol. The van der Waals surface area contributed by atoms with Crippen molar-refractivity contribution in [3.8, 4) is 0 Å². The summed E-state index contributed by atoms with van der Waals surface area (Å²) >= 11 is 0. The van der Waals surface area contributed by atoms with Gasteiger partial charge < -0.3 is 16.0 Å². The second-order valence-corrected chi connectivity index (χ2v) is 6.94. The topological polar surface area (TPSA) is 105 Å². The Bertz CT molecular complexity index is 941. The van der Waals surface area contributed by atoms with Crippen LogP contribution >= 0.6 is 0 Å². The lowest BCUT2D eigenvalue weighted by Crippen LogP contribution is -2.26. The fourth-order valence-corrected chi connectivity index (χ4v) is 3.06.